The molecule has 94 valence electrons. The Morgan fingerprint density at radius 2 is 2.00 bits per heavy atom. The molecule has 17 heavy (non-hydrogen) atoms. The molecule has 1 rings (SSSR count). The van der Waals surface area contributed by atoms with E-state index >= 15 is 0 Å². The fourth-order valence-corrected chi connectivity index (χ4v) is 1.40. The number of aromatic nitrogens is 1. The maximum Gasteiger partial charge on any atom is 0.137 e. The van der Waals surface area contributed by atoms with Crippen molar-refractivity contribution in [1.29, 1.82) is 0 Å². The van der Waals surface area contributed by atoms with Gasteiger partial charge in [0.05, 0.1) is 12.8 Å². The molecule has 0 aromatic carbocycles. The SMILES string of the molecule is COCCOc1ccc(C#CS(C)(C)C)nc1. The molecule has 1 heterocycles. The molecular weight excluding hydrogens is 234 g/mol. The zero-order chi connectivity index (χ0) is 12.7. The Morgan fingerprint density at radius 3 is 2.53 bits per heavy atom. The highest BCUT2D eigenvalue weighted by Gasteiger charge is 1.97. The quantitative estimate of drug-likeness (QED) is 0.608. The van der Waals surface area contributed by atoms with Crippen LogP contribution in [0, 0.1) is 11.2 Å². The predicted molar refractivity (Wildman–Crippen MR) is 73.8 cm³/mol. The Morgan fingerprint density at radius 1 is 1.24 bits per heavy atom. The zero-order valence-corrected chi connectivity index (χ0v) is 11.6. The van der Waals surface area contributed by atoms with Crippen LogP contribution in [-0.2, 0) is 4.74 Å². The maximum absolute atomic E-state index is 5.42. The van der Waals surface area contributed by atoms with Crippen LogP contribution in [0.4, 0.5) is 0 Å². The molecular formula is C13H19NO2S. The standard InChI is InChI=1S/C13H19NO2S/c1-15-8-9-16-13-6-5-12(14-11-13)7-10-17(2,3)4/h5-6,11H,8-9H2,1-4H3. The van der Waals surface area contributed by atoms with Gasteiger partial charge in [-0.05, 0) is 42.1 Å². The van der Waals surface area contributed by atoms with Gasteiger partial charge in [0.15, 0.2) is 0 Å². The van der Waals surface area contributed by atoms with E-state index in [0.717, 1.165) is 11.4 Å². The number of hydrogen-bond donors (Lipinski definition) is 0. The van der Waals surface area contributed by atoms with E-state index in [1.54, 1.807) is 13.3 Å². The Hall–Kier alpha value is -1.18. The van der Waals surface area contributed by atoms with Gasteiger partial charge < -0.3 is 9.47 Å². The molecule has 3 nitrogen and oxygen atoms in total. The number of methoxy groups -OCH3 is 1. The third kappa shape index (κ3) is 6.20. The molecule has 0 unspecified atom stereocenters. The summed E-state index contributed by atoms with van der Waals surface area (Å²) in [6, 6.07) is 3.75. The molecule has 0 bridgehead atoms. The average molecular weight is 253 g/mol. The minimum atomic E-state index is -0.799. The highest BCUT2D eigenvalue weighted by molar-refractivity contribution is 8.35. The monoisotopic (exact) mass is 253 g/mol. The summed E-state index contributed by atoms with van der Waals surface area (Å²) in [5.41, 5.74) is 0.784. The van der Waals surface area contributed by atoms with Gasteiger partial charge in [-0.3, -0.25) is 0 Å². The third-order valence-electron chi connectivity index (χ3n) is 1.78. The van der Waals surface area contributed by atoms with E-state index in [1.165, 1.54) is 0 Å². The van der Waals surface area contributed by atoms with Gasteiger partial charge in [-0.2, -0.15) is 10.0 Å². The van der Waals surface area contributed by atoms with Crippen LogP contribution in [0.2, 0.25) is 0 Å². The summed E-state index contributed by atoms with van der Waals surface area (Å²) in [6.45, 7) is 1.12. The summed E-state index contributed by atoms with van der Waals surface area (Å²) in [5.74, 6) is 3.82. The Bertz CT molecular complexity index is 398. The lowest BCUT2D eigenvalue weighted by Crippen LogP contribution is -2.04. The Balaban J connectivity index is 2.58. The van der Waals surface area contributed by atoms with Crippen LogP contribution in [0.5, 0.6) is 5.75 Å². The lowest BCUT2D eigenvalue weighted by Gasteiger charge is -2.14. The van der Waals surface area contributed by atoms with Crippen molar-refractivity contribution in [3.8, 4) is 16.9 Å². The van der Waals surface area contributed by atoms with Gasteiger partial charge in [0, 0.05) is 7.11 Å². The highest BCUT2D eigenvalue weighted by atomic mass is 32.3. The first-order chi connectivity index (χ1) is 8.01. The van der Waals surface area contributed by atoms with E-state index < -0.39 is 10.0 Å². The molecule has 0 saturated heterocycles. The minimum absolute atomic E-state index is 0.537. The first-order valence-electron chi connectivity index (χ1n) is 5.30. The van der Waals surface area contributed by atoms with Crippen LogP contribution in [0.3, 0.4) is 0 Å². The second kappa shape index (κ2) is 6.53. The van der Waals surface area contributed by atoms with Crippen LogP contribution in [0.1, 0.15) is 5.69 Å². The molecule has 0 aliphatic heterocycles. The number of rotatable bonds is 4. The second-order valence-electron chi connectivity index (χ2n) is 4.28. The lowest BCUT2D eigenvalue weighted by molar-refractivity contribution is 0.146. The van der Waals surface area contributed by atoms with E-state index in [1.807, 2.05) is 12.1 Å². The van der Waals surface area contributed by atoms with E-state index in [4.69, 9.17) is 9.47 Å². The van der Waals surface area contributed by atoms with E-state index in [-0.39, 0.29) is 0 Å². The van der Waals surface area contributed by atoms with E-state index in [2.05, 4.69) is 34.9 Å². The predicted octanol–water partition coefficient (Wildman–Crippen LogP) is 2.11. The smallest absolute Gasteiger partial charge is 0.137 e. The summed E-state index contributed by atoms with van der Waals surface area (Å²) in [5, 5.41) is 3.22. The topological polar surface area (TPSA) is 31.4 Å². The second-order valence-corrected chi connectivity index (χ2v) is 8.16. The summed E-state index contributed by atoms with van der Waals surface area (Å²) in [4.78, 5) is 4.23. The molecule has 1 aromatic rings. The molecule has 1 aromatic heterocycles. The summed E-state index contributed by atoms with van der Waals surface area (Å²) in [7, 11) is 0.849. The zero-order valence-electron chi connectivity index (χ0n) is 10.8. The first kappa shape index (κ1) is 13.9. The average Bonchev–Trinajstić information content (AvgIpc) is 2.27. The summed E-state index contributed by atoms with van der Waals surface area (Å²) < 4.78 is 10.3. The van der Waals surface area contributed by atoms with Crippen molar-refractivity contribution in [2.45, 2.75) is 0 Å². The van der Waals surface area contributed by atoms with Gasteiger partial charge in [0.2, 0.25) is 0 Å². The van der Waals surface area contributed by atoms with Crippen molar-refractivity contribution in [2.24, 2.45) is 0 Å². The Kier molecular flexibility index (Phi) is 5.33. The minimum Gasteiger partial charge on any atom is -0.490 e. The van der Waals surface area contributed by atoms with Crippen molar-refractivity contribution < 1.29 is 9.47 Å². The molecule has 0 N–H and O–H groups in total. The van der Waals surface area contributed by atoms with Gasteiger partial charge in [0.25, 0.3) is 0 Å². The largest absolute Gasteiger partial charge is 0.490 e. The molecule has 0 saturated carbocycles. The van der Waals surface area contributed by atoms with Crippen LogP contribution >= 0.6 is 10.0 Å². The van der Waals surface area contributed by atoms with Crippen molar-refractivity contribution in [3.05, 3.63) is 24.0 Å². The summed E-state index contributed by atoms with van der Waals surface area (Å²) in [6.07, 6.45) is 8.16. The number of pyridine rings is 1. The van der Waals surface area contributed by atoms with Gasteiger partial charge in [-0.1, -0.05) is 0 Å². The van der Waals surface area contributed by atoms with E-state index in [0.29, 0.717) is 13.2 Å². The molecule has 0 radical (unpaired) electrons. The van der Waals surface area contributed by atoms with Crippen molar-refractivity contribution in [1.82, 2.24) is 4.98 Å². The molecule has 0 spiro atoms. The van der Waals surface area contributed by atoms with Gasteiger partial charge in [-0.15, -0.1) is 0 Å². The molecule has 0 amide bonds. The van der Waals surface area contributed by atoms with Crippen molar-refractivity contribution in [2.75, 3.05) is 39.1 Å². The fourth-order valence-electron chi connectivity index (χ4n) is 0.988. The molecule has 4 heteroatoms. The highest BCUT2D eigenvalue weighted by Crippen LogP contribution is 2.32. The van der Waals surface area contributed by atoms with Gasteiger partial charge in [-0.25, -0.2) is 4.98 Å². The van der Waals surface area contributed by atoms with Gasteiger partial charge >= 0.3 is 0 Å². The fraction of sp³-hybridized carbons (Fsp3) is 0.462. The number of ether oxygens (including phenoxy) is 2. The van der Waals surface area contributed by atoms with E-state index in [9.17, 15) is 0 Å². The van der Waals surface area contributed by atoms with Crippen LogP contribution in [0.15, 0.2) is 18.3 Å². The molecule has 0 aliphatic carbocycles. The third-order valence-corrected chi connectivity index (χ3v) is 2.49. The summed E-state index contributed by atoms with van der Waals surface area (Å²) >= 11 is 0. The van der Waals surface area contributed by atoms with Crippen molar-refractivity contribution >= 4 is 10.0 Å². The molecule has 0 fully saturated rings. The normalized spacial score (nSPS) is 11.5. The lowest BCUT2D eigenvalue weighted by atomic mass is 10.3. The molecule has 0 atom stereocenters. The number of hydrogen-bond acceptors (Lipinski definition) is 3. The van der Waals surface area contributed by atoms with Crippen molar-refractivity contribution in [3.63, 3.8) is 0 Å². The first-order valence-corrected chi connectivity index (χ1v) is 8.16. The number of nitrogens with zero attached hydrogens (tertiary/aromatic N) is 1. The maximum atomic E-state index is 5.42. The van der Waals surface area contributed by atoms with Crippen LogP contribution in [0.25, 0.3) is 0 Å². The van der Waals surface area contributed by atoms with Crippen LogP contribution < -0.4 is 4.74 Å². The molecule has 0 aliphatic rings. The van der Waals surface area contributed by atoms with Crippen LogP contribution in [-0.4, -0.2) is 44.1 Å². The van der Waals surface area contributed by atoms with Gasteiger partial charge in [0.1, 0.15) is 18.1 Å². The Labute approximate surface area is 105 Å².